The number of halogens is 1. The van der Waals surface area contributed by atoms with Gasteiger partial charge in [-0.05, 0) is 26.0 Å². The molecular formula is C11H14ClO4P. The van der Waals surface area contributed by atoms with Gasteiger partial charge in [0.05, 0.1) is 23.5 Å². The Kier molecular flexibility index (Phi) is 5.34. The Bertz CT molecular complexity index is 437. The van der Waals surface area contributed by atoms with Crippen LogP contribution in [0.3, 0.4) is 0 Å². The van der Waals surface area contributed by atoms with Crippen molar-refractivity contribution < 1.29 is 18.4 Å². The molecule has 1 rings (SSSR count). The molecule has 0 unspecified atom stereocenters. The largest absolute Gasteiger partial charge is 0.362 e. The molecule has 0 fully saturated rings. The van der Waals surface area contributed by atoms with Gasteiger partial charge in [-0.15, -0.1) is 0 Å². The summed E-state index contributed by atoms with van der Waals surface area (Å²) in [7, 11) is -3.39. The predicted molar refractivity (Wildman–Crippen MR) is 67.3 cm³/mol. The third kappa shape index (κ3) is 3.39. The Morgan fingerprint density at radius 3 is 2.29 bits per heavy atom. The molecule has 0 spiro atoms. The van der Waals surface area contributed by atoms with Crippen LogP contribution in [0.2, 0.25) is 5.02 Å². The minimum absolute atomic E-state index is 0.208. The molecule has 0 saturated carbocycles. The molecule has 0 saturated heterocycles. The lowest BCUT2D eigenvalue weighted by Gasteiger charge is -2.18. The number of hydrogen-bond donors (Lipinski definition) is 0. The van der Waals surface area contributed by atoms with Crippen LogP contribution in [0.5, 0.6) is 0 Å². The molecule has 1 aromatic carbocycles. The van der Waals surface area contributed by atoms with Crippen LogP contribution in [0, 0.1) is 0 Å². The van der Waals surface area contributed by atoms with E-state index >= 15 is 0 Å². The van der Waals surface area contributed by atoms with Crippen molar-refractivity contribution in [2.75, 3.05) is 13.2 Å². The maximum atomic E-state index is 12.4. The van der Waals surface area contributed by atoms with Crippen LogP contribution in [0.25, 0.3) is 0 Å². The Labute approximate surface area is 105 Å². The first kappa shape index (κ1) is 14.4. The molecule has 0 bridgehead atoms. The summed E-state index contributed by atoms with van der Waals surface area (Å²) >= 11 is 5.97. The van der Waals surface area contributed by atoms with Gasteiger partial charge in [0, 0.05) is 5.56 Å². The van der Waals surface area contributed by atoms with E-state index in [2.05, 4.69) is 0 Å². The minimum atomic E-state index is -3.39. The molecular weight excluding hydrogens is 263 g/mol. The van der Waals surface area contributed by atoms with Crippen LogP contribution in [0.15, 0.2) is 18.2 Å². The van der Waals surface area contributed by atoms with E-state index in [4.69, 9.17) is 20.6 Å². The summed E-state index contributed by atoms with van der Waals surface area (Å²) in [4.78, 5) is 10.6. The summed E-state index contributed by atoms with van der Waals surface area (Å²) in [6.07, 6.45) is 0.669. The molecule has 0 heterocycles. The fraction of sp³-hybridized carbons (Fsp3) is 0.364. The monoisotopic (exact) mass is 276 g/mol. The number of hydrogen-bond acceptors (Lipinski definition) is 4. The molecule has 6 heteroatoms. The van der Waals surface area contributed by atoms with Gasteiger partial charge >= 0.3 is 7.60 Å². The van der Waals surface area contributed by atoms with E-state index in [1.165, 1.54) is 18.2 Å². The summed E-state index contributed by atoms with van der Waals surface area (Å²) in [5.41, 5.74) is 0.415. The van der Waals surface area contributed by atoms with Crippen LogP contribution in [-0.4, -0.2) is 19.5 Å². The highest BCUT2D eigenvalue weighted by molar-refractivity contribution is 7.62. The standard InChI is InChI=1S/C11H14ClO4P/c1-3-15-17(14,16-4-2)11-6-5-9(8-13)7-10(11)12/h5-8H,3-4H2,1-2H3. The zero-order valence-corrected chi connectivity index (χ0v) is 11.3. The van der Waals surface area contributed by atoms with E-state index in [1.54, 1.807) is 13.8 Å². The Morgan fingerprint density at radius 2 is 1.88 bits per heavy atom. The van der Waals surface area contributed by atoms with Crippen molar-refractivity contribution in [1.29, 1.82) is 0 Å². The quantitative estimate of drug-likeness (QED) is 0.592. The lowest BCUT2D eigenvalue weighted by molar-refractivity contribution is 0.112. The number of aldehydes is 1. The first-order chi connectivity index (χ1) is 8.07. The summed E-state index contributed by atoms with van der Waals surface area (Å²) in [5.74, 6) is 0. The summed E-state index contributed by atoms with van der Waals surface area (Å²) < 4.78 is 22.8. The molecule has 0 aliphatic heterocycles. The summed E-state index contributed by atoms with van der Waals surface area (Å²) in [6.45, 7) is 3.95. The molecule has 0 aliphatic rings. The second-order valence-electron chi connectivity index (χ2n) is 3.16. The van der Waals surface area contributed by atoms with Crippen molar-refractivity contribution in [2.45, 2.75) is 13.8 Å². The topological polar surface area (TPSA) is 52.6 Å². The second-order valence-corrected chi connectivity index (χ2v) is 5.56. The fourth-order valence-corrected chi connectivity index (χ4v) is 3.45. The number of carbonyl (C=O) groups excluding carboxylic acids is 1. The fourth-order valence-electron chi connectivity index (χ4n) is 1.33. The molecule has 4 nitrogen and oxygen atoms in total. The third-order valence-corrected chi connectivity index (χ3v) is 4.62. The van der Waals surface area contributed by atoms with Crippen LogP contribution in [0.4, 0.5) is 0 Å². The predicted octanol–water partition coefficient (Wildman–Crippen LogP) is 3.04. The second kappa shape index (κ2) is 6.31. The third-order valence-electron chi connectivity index (χ3n) is 2.00. The van der Waals surface area contributed by atoms with Crippen LogP contribution in [-0.2, 0) is 13.6 Å². The molecule has 0 N–H and O–H groups in total. The maximum Gasteiger partial charge on any atom is 0.362 e. The van der Waals surface area contributed by atoms with E-state index in [0.717, 1.165) is 0 Å². The van der Waals surface area contributed by atoms with E-state index < -0.39 is 7.60 Å². The first-order valence-electron chi connectivity index (χ1n) is 5.21. The van der Waals surface area contributed by atoms with Gasteiger partial charge in [-0.2, -0.15) is 0 Å². The molecule has 0 amide bonds. The minimum Gasteiger partial charge on any atom is -0.305 e. The number of rotatable bonds is 6. The number of carbonyl (C=O) groups is 1. The molecule has 0 radical (unpaired) electrons. The van der Waals surface area contributed by atoms with E-state index in [0.29, 0.717) is 11.8 Å². The van der Waals surface area contributed by atoms with Crippen LogP contribution < -0.4 is 5.30 Å². The highest BCUT2D eigenvalue weighted by Crippen LogP contribution is 2.48. The van der Waals surface area contributed by atoms with Crippen molar-refractivity contribution in [3.05, 3.63) is 28.8 Å². The average Bonchev–Trinajstić information content (AvgIpc) is 2.29. The van der Waals surface area contributed by atoms with Gasteiger partial charge in [0.1, 0.15) is 6.29 Å². The van der Waals surface area contributed by atoms with Gasteiger partial charge in [0.25, 0.3) is 0 Å². The average molecular weight is 277 g/mol. The molecule has 94 valence electrons. The van der Waals surface area contributed by atoms with Gasteiger partial charge in [-0.3, -0.25) is 9.36 Å². The van der Waals surface area contributed by atoms with Gasteiger partial charge in [-0.1, -0.05) is 17.7 Å². The van der Waals surface area contributed by atoms with E-state index in [1.807, 2.05) is 0 Å². The number of benzene rings is 1. The van der Waals surface area contributed by atoms with Crippen LogP contribution in [0.1, 0.15) is 24.2 Å². The lowest BCUT2D eigenvalue weighted by Crippen LogP contribution is -2.12. The molecule has 0 aromatic heterocycles. The van der Waals surface area contributed by atoms with Gasteiger partial charge in [0.2, 0.25) is 0 Å². The zero-order chi connectivity index (χ0) is 12.9. The van der Waals surface area contributed by atoms with E-state index in [-0.39, 0.29) is 23.5 Å². The van der Waals surface area contributed by atoms with Crippen molar-refractivity contribution >= 4 is 30.8 Å². The highest BCUT2D eigenvalue weighted by atomic mass is 35.5. The van der Waals surface area contributed by atoms with Crippen molar-refractivity contribution in [3.8, 4) is 0 Å². The zero-order valence-electron chi connectivity index (χ0n) is 9.68. The van der Waals surface area contributed by atoms with Crippen molar-refractivity contribution in [2.24, 2.45) is 0 Å². The van der Waals surface area contributed by atoms with Gasteiger partial charge in [0.15, 0.2) is 0 Å². The van der Waals surface area contributed by atoms with Gasteiger partial charge in [-0.25, -0.2) is 0 Å². The highest BCUT2D eigenvalue weighted by Gasteiger charge is 2.29. The first-order valence-corrected chi connectivity index (χ1v) is 7.13. The molecule has 1 aromatic rings. The van der Waals surface area contributed by atoms with E-state index in [9.17, 15) is 9.36 Å². The Hall–Kier alpha value is -0.670. The molecule has 0 aliphatic carbocycles. The maximum absolute atomic E-state index is 12.4. The van der Waals surface area contributed by atoms with Gasteiger partial charge < -0.3 is 9.05 Å². The van der Waals surface area contributed by atoms with Crippen LogP contribution >= 0.6 is 19.2 Å². The normalized spacial score (nSPS) is 11.5. The SMILES string of the molecule is CCOP(=O)(OCC)c1ccc(C=O)cc1Cl. The van der Waals surface area contributed by atoms with Crippen molar-refractivity contribution in [3.63, 3.8) is 0 Å². The summed E-state index contributed by atoms with van der Waals surface area (Å²) in [6, 6.07) is 4.46. The summed E-state index contributed by atoms with van der Waals surface area (Å²) in [5, 5.41) is 0.494. The smallest absolute Gasteiger partial charge is 0.305 e. The Balaban J connectivity index is 3.19. The Morgan fingerprint density at radius 1 is 1.29 bits per heavy atom. The lowest BCUT2D eigenvalue weighted by atomic mass is 10.2. The molecule has 0 atom stereocenters. The van der Waals surface area contributed by atoms with Crippen molar-refractivity contribution in [1.82, 2.24) is 0 Å². The molecule has 17 heavy (non-hydrogen) atoms.